The Bertz CT molecular complexity index is 1270. The number of rotatable bonds is 9. The van der Waals surface area contributed by atoms with Crippen LogP contribution in [0.2, 0.25) is 0 Å². The highest BCUT2D eigenvalue weighted by molar-refractivity contribution is 7.14. The molecule has 1 aliphatic rings. The number of anilines is 1. The maximum absolute atomic E-state index is 13.4. The second kappa shape index (κ2) is 11.6. The summed E-state index contributed by atoms with van der Waals surface area (Å²) in [6.07, 6.45) is 2.10. The fourth-order valence-corrected chi connectivity index (χ4v) is 3.81. The first-order chi connectivity index (χ1) is 18.4. The molecule has 40 heavy (non-hydrogen) atoms. The van der Waals surface area contributed by atoms with E-state index in [0.29, 0.717) is 0 Å². The van der Waals surface area contributed by atoms with E-state index < -0.39 is 52.8 Å². The summed E-state index contributed by atoms with van der Waals surface area (Å²) in [6.45, 7) is 13.4. The lowest BCUT2D eigenvalue weighted by atomic mass is 9.98. The van der Waals surface area contributed by atoms with Crippen LogP contribution in [0.1, 0.15) is 61.1 Å². The molecular weight excluding hydrogens is 544 g/mol. The third-order valence-electron chi connectivity index (χ3n) is 4.97. The molecule has 2 aromatic heterocycles. The topological polar surface area (TPSA) is 188 Å². The van der Waals surface area contributed by atoms with Crippen molar-refractivity contribution in [2.24, 2.45) is 5.16 Å². The highest BCUT2D eigenvalue weighted by atomic mass is 32.1. The Labute approximate surface area is 235 Å². The minimum absolute atomic E-state index is 0.0288. The molecule has 0 aliphatic carbocycles. The first kappa shape index (κ1) is 30.5. The van der Waals surface area contributed by atoms with Gasteiger partial charge in [0.05, 0.1) is 12.6 Å². The van der Waals surface area contributed by atoms with E-state index in [1.54, 1.807) is 41.5 Å². The molecule has 0 unspecified atom stereocenters. The Hall–Kier alpha value is -4.08. The van der Waals surface area contributed by atoms with Gasteiger partial charge < -0.3 is 24.9 Å². The Morgan fingerprint density at radius 3 is 2.35 bits per heavy atom. The summed E-state index contributed by atoms with van der Waals surface area (Å²) < 4.78 is 12.1. The zero-order valence-electron chi connectivity index (χ0n) is 23.6. The molecule has 15 nitrogen and oxygen atoms in total. The summed E-state index contributed by atoms with van der Waals surface area (Å²) in [4.78, 5) is 64.1. The minimum atomic E-state index is -1.57. The number of ether oxygens (including phenoxy) is 2. The van der Waals surface area contributed by atoms with Crippen LogP contribution < -0.4 is 16.0 Å². The van der Waals surface area contributed by atoms with E-state index in [2.05, 4.69) is 36.2 Å². The third-order valence-corrected chi connectivity index (χ3v) is 5.73. The van der Waals surface area contributed by atoms with Gasteiger partial charge >= 0.3 is 12.1 Å². The molecule has 3 amide bonds. The first-order valence-electron chi connectivity index (χ1n) is 12.3. The van der Waals surface area contributed by atoms with Crippen LogP contribution in [-0.2, 0) is 35.2 Å². The van der Waals surface area contributed by atoms with Crippen molar-refractivity contribution in [3.63, 3.8) is 0 Å². The predicted molar refractivity (Wildman–Crippen MR) is 143 cm³/mol. The van der Waals surface area contributed by atoms with Crippen molar-refractivity contribution in [1.82, 2.24) is 30.4 Å². The number of nitrogens with one attached hydrogen (secondary N) is 3. The number of carbonyl (C=O) groups is 4. The second-order valence-electron chi connectivity index (χ2n) is 11.4. The number of amides is 3. The SMILES string of the molecule is CC(C)(C)OC(=O)Nc1nc(/C(=N/OC(C)(C)C(=O)OC(C)(C)C)C(=O)N[C@@H]2C(=O)N[C@@H]2Cn2cncn2)cs1. The first-order valence-corrected chi connectivity index (χ1v) is 13.2. The van der Waals surface area contributed by atoms with E-state index in [1.807, 2.05) is 0 Å². The number of hydrogen-bond acceptors (Lipinski definition) is 12. The van der Waals surface area contributed by atoms with Crippen molar-refractivity contribution < 1.29 is 33.5 Å². The molecule has 3 heterocycles. The molecular formula is C24H34N8O7S. The van der Waals surface area contributed by atoms with Gasteiger partial charge in [-0.2, -0.15) is 5.10 Å². The van der Waals surface area contributed by atoms with Gasteiger partial charge in [0.25, 0.3) is 5.91 Å². The number of esters is 1. The standard InChI is InChI=1S/C24H34N8O7S/c1-22(2,3)37-19(35)24(7,8)39-31-16(14-10-40-20(28-14)30-21(36)38-23(4,5)6)18(34)29-15-13(27-17(15)33)9-32-12-25-11-26-32/h10-13,15H,9H2,1-8H3,(H,27,33)(H,29,34)(H,28,30,36)/b31-16-/t13-,15+/m1/s1. The lowest BCUT2D eigenvalue weighted by Crippen LogP contribution is -2.70. The molecule has 0 spiro atoms. The molecule has 3 rings (SSSR count). The summed E-state index contributed by atoms with van der Waals surface area (Å²) in [5, 5.41) is 17.4. The highest BCUT2D eigenvalue weighted by Crippen LogP contribution is 2.21. The summed E-state index contributed by atoms with van der Waals surface area (Å²) in [5.41, 5.74) is -3.39. The van der Waals surface area contributed by atoms with Gasteiger partial charge in [-0.05, 0) is 55.4 Å². The van der Waals surface area contributed by atoms with E-state index in [9.17, 15) is 19.2 Å². The van der Waals surface area contributed by atoms with Crippen LogP contribution in [0.4, 0.5) is 9.93 Å². The van der Waals surface area contributed by atoms with Crippen LogP contribution in [0.5, 0.6) is 0 Å². The molecule has 3 N–H and O–H groups in total. The van der Waals surface area contributed by atoms with Crippen LogP contribution in [0.25, 0.3) is 0 Å². The van der Waals surface area contributed by atoms with E-state index in [4.69, 9.17) is 14.3 Å². The second-order valence-corrected chi connectivity index (χ2v) is 12.3. The highest BCUT2D eigenvalue weighted by Gasteiger charge is 2.42. The van der Waals surface area contributed by atoms with Crippen LogP contribution in [0.3, 0.4) is 0 Å². The van der Waals surface area contributed by atoms with Crippen molar-refractivity contribution >= 4 is 46.1 Å². The predicted octanol–water partition coefficient (Wildman–Crippen LogP) is 1.61. The Balaban J connectivity index is 1.83. The fraction of sp³-hybridized carbons (Fsp3) is 0.583. The van der Waals surface area contributed by atoms with Gasteiger partial charge in [-0.25, -0.2) is 19.6 Å². The van der Waals surface area contributed by atoms with Crippen molar-refractivity contribution in [1.29, 1.82) is 0 Å². The lowest BCUT2D eigenvalue weighted by Gasteiger charge is -2.36. The molecule has 0 aromatic carbocycles. The monoisotopic (exact) mass is 578 g/mol. The third kappa shape index (κ3) is 8.46. The van der Waals surface area contributed by atoms with E-state index in [1.165, 1.54) is 36.6 Å². The maximum Gasteiger partial charge on any atom is 0.413 e. The fourth-order valence-electron chi connectivity index (χ4n) is 3.13. The molecule has 1 aliphatic heterocycles. The molecule has 2 atom stereocenters. The average Bonchev–Trinajstić information content (AvgIpc) is 3.47. The number of aromatic nitrogens is 4. The van der Waals surface area contributed by atoms with Gasteiger partial charge in [-0.3, -0.25) is 19.6 Å². The molecule has 0 radical (unpaired) electrons. The molecule has 0 bridgehead atoms. The van der Waals surface area contributed by atoms with Crippen LogP contribution >= 0.6 is 11.3 Å². The Morgan fingerprint density at radius 1 is 1.10 bits per heavy atom. The quantitative estimate of drug-likeness (QED) is 0.171. The Kier molecular flexibility index (Phi) is 8.81. The molecule has 1 fully saturated rings. The smallest absolute Gasteiger partial charge is 0.413 e. The van der Waals surface area contributed by atoms with Crippen molar-refractivity contribution in [3.8, 4) is 0 Å². The van der Waals surface area contributed by atoms with Gasteiger partial charge in [0, 0.05) is 5.38 Å². The average molecular weight is 579 g/mol. The number of nitrogens with zero attached hydrogens (tertiary/aromatic N) is 5. The molecule has 1 saturated heterocycles. The summed E-state index contributed by atoms with van der Waals surface area (Å²) in [7, 11) is 0. The van der Waals surface area contributed by atoms with Gasteiger partial charge in [0.1, 0.15) is 35.6 Å². The van der Waals surface area contributed by atoms with Crippen LogP contribution in [0.15, 0.2) is 23.2 Å². The van der Waals surface area contributed by atoms with Gasteiger partial charge in [0.2, 0.25) is 11.5 Å². The van der Waals surface area contributed by atoms with Crippen LogP contribution in [0, 0.1) is 0 Å². The number of hydrogen-bond donors (Lipinski definition) is 3. The van der Waals surface area contributed by atoms with E-state index in [0.717, 1.165) is 11.3 Å². The summed E-state index contributed by atoms with van der Waals surface area (Å²) >= 11 is 1.01. The van der Waals surface area contributed by atoms with Gasteiger partial charge in [-0.15, -0.1) is 11.3 Å². The van der Waals surface area contributed by atoms with Gasteiger partial charge in [-0.1, -0.05) is 5.16 Å². The molecule has 2 aromatic rings. The number of β-lactam (4-membered cyclic amide) rings is 1. The summed E-state index contributed by atoms with van der Waals surface area (Å²) in [5.74, 6) is -1.91. The number of oxime groups is 1. The zero-order chi connectivity index (χ0) is 29.9. The minimum Gasteiger partial charge on any atom is -0.457 e. The van der Waals surface area contributed by atoms with Crippen LogP contribution in [-0.4, -0.2) is 78.2 Å². The molecule has 218 valence electrons. The number of thiazole rings is 1. The normalized spacial score (nSPS) is 17.8. The maximum atomic E-state index is 13.4. The van der Waals surface area contributed by atoms with Crippen molar-refractivity contribution in [2.75, 3.05) is 5.32 Å². The zero-order valence-corrected chi connectivity index (χ0v) is 24.4. The molecule has 16 heteroatoms. The van der Waals surface area contributed by atoms with E-state index >= 15 is 0 Å². The van der Waals surface area contributed by atoms with Crippen molar-refractivity contribution in [3.05, 3.63) is 23.7 Å². The van der Waals surface area contributed by atoms with Crippen molar-refractivity contribution in [2.45, 2.75) is 90.8 Å². The number of carbonyl (C=O) groups excluding carboxylic acids is 4. The molecule has 0 saturated carbocycles. The van der Waals surface area contributed by atoms with E-state index in [-0.39, 0.29) is 23.1 Å². The summed E-state index contributed by atoms with van der Waals surface area (Å²) in [6, 6.07) is -1.36. The lowest BCUT2D eigenvalue weighted by molar-refractivity contribution is -0.179. The largest absolute Gasteiger partial charge is 0.457 e. The Morgan fingerprint density at radius 2 is 1.77 bits per heavy atom. The van der Waals surface area contributed by atoms with Gasteiger partial charge in [0.15, 0.2) is 10.8 Å².